The molecule has 0 aromatic heterocycles. The van der Waals surface area contributed by atoms with Gasteiger partial charge in [-0.2, -0.15) is 13.2 Å². The van der Waals surface area contributed by atoms with E-state index in [4.69, 9.17) is 0 Å². The molecule has 128 valence electrons. The third-order valence-electron chi connectivity index (χ3n) is 3.68. The van der Waals surface area contributed by atoms with Crippen LogP contribution in [0.3, 0.4) is 0 Å². The molecule has 0 spiro atoms. The number of carbonyl (C=O) groups is 1. The predicted octanol–water partition coefficient (Wildman–Crippen LogP) is 1.89. The SMILES string of the molecule is CN=C(NCCC(=O)N1CCCCC1C)NCCC(F)(F)F. The minimum atomic E-state index is -4.19. The molecule has 1 saturated heterocycles. The van der Waals surface area contributed by atoms with Gasteiger partial charge in [-0.15, -0.1) is 0 Å². The highest BCUT2D eigenvalue weighted by atomic mass is 19.4. The molecule has 1 aliphatic rings. The van der Waals surface area contributed by atoms with Crippen LogP contribution in [0.15, 0.2) is 4.99 Å². The molecule has 1 amide bonds. The number of piperidine rings is 1. The van der Waals surface area contributed by atoms with E-state index in [1.165, 1.54) is 7.05 Å². The molecule has 22 heavy (non-hydrogen) atoms. The third kappa shape index (κ3) is 7.00. The smallest absolute Gasteiger partial charge is 0.356 e. The Balaban J connectivity index is 2.24. The number of likely N-dealkylation sites (tertiary alicyclic amines) is 1. The first-order valence-corrected chi connectivity index (χ1v) is 7.64. The summed E-state index contributed by atoms with van der Waals surface area (Å²) in [4.78, 5) is 17.8. The fourth-order valence-corrected chi connectivity index (χ4v) is 2.44. The summed E-state index contributed by atoms with van der Waals surface area (Å²) in [6.07, 6.45) is -1.59. The molecule has 1 rings (SSSR count). The van der Waals surface area contributed by atoms with Crippen molar-refractivity contribution in [3.63, 3.8) is 0 Å². The summed E-state index contributed by atoms with van der Waals surface area (Å²) in [5.74, 6) is 0.356. The number of guanidine groups is 1. The van der Waals surface area contributed by atoms with Gasteiger partial charge < -0.3 is 15.5 Å². The topological polar surface area (TPSA) is 56.7 Å². The highest BCUT2D eigenvalue weighted by Crippen LogP contribution is 2.18. The first-order valence-electron chi connectivity index (χ1n) is 7.64. The van der Waals surface area contributed by atoms with Gasteiger partial charge in [0.25, 0.3) is 0 Å². The molecule has 1 heterocycles. The number of nitrogens with zero attached hydrogens (tertiary/aromatic N) is 2. The van der Waals surface area contributed by atoms with Crippen LogP contribution in [-0.4, -0.2) is 55.7 Å². The highest BCUT2D eigenvalue weighted by Gasteiger charge is 2.26. The lowest BCUT2D eigenvalue weighted by Gasteiger charge is -2.33. The van der Waals surface area contributed by atoms with E-state index in [9.17, 15) is 18.0 Å². The Labute approximate surface area is 129 Å². The number of rotatable bonds is 5. The van der Waals surface area contributed by atoms with Gasteiger partial charge in [0.05, 0.1) is 6.42 Å². The number of amides is 1. The van der Waals surface area contributed by atoms with Crippen LogP contribution in [0, 0.1) is 0 Å². The van der Waals surface area contributed by atoms with Crippen molar-refractivity contribution in [3.8, 4) is 0 Å². The second-order valence-corrected chi connectivity index (χ2v) is 5.47. The Morgan fingerprint density at radius 3 is 2.55 bits per heavy atom. The number of nitrogens with one attached hydrogen (secondary N) is 2. The minimum absolute atomic E-state index is 0.0745. The summed E-state index contributed by atoms with van der Waals surface area (Å²) in [7, 11) is 1.48. The minimum Gasteiger partial charge on any atom is -0.356 e. The summed E-state index contributed by atoms with van der Waals surface area (Å²) in [5.41, 5.74) is 0. The van der Waals surface area contributed by atoms with Crippen molar-refractivity contribution in [2.75, 3.05) is 26.7 Å². The maximum Gasteiger partial charge on any atom is 0.390 e. The molecule has 8 heteroatoms. The zero-order chi connectivity index (χ0) is 16.6. The molecule has 1 aliphatic heterocycles. The Morgan fingerprint density at radius 2 is 1.95 bits per heavy atom. The van der Waals surface area contributed by atoms with Gasteiger partial charge in [0, 0.05) is 39.1 Å². The molecule has 0 aliphatic carbocycles. The van der Waals surface area contributed by atoms with Gasteiger partial charge in [-0.25, -0.2) is 0 Å². The molecule has 1 unspecified atom stereocenters. The van der Waals surface area contributed by atoms with E-state index in [1.54, 1.807) is 0 Å². The molecule has 0 saturated carbocycles. The number of hydrogen-bond acceptors (Lipinski definition) is 2. The number of hydrogen-bond donors (Lipinski definition) is 2. The number of aliphatic imine (C=N–C) groups is 1. The number of alkyl halides is 3. The Hall–Kier alpha value is -1.47. The van der Waals surface area contributed by atoms with Gasteiger partial charge in [0.15, 0.2) is 5.96 Å². The first kappa shape index (κ1) is 18.6. The van der Waals surface area contributed by atoms with Gasteiger partial charge in [0.1, 0.15) is 0 Å². The van der Waals surface area contributed by atoms with Crippen LogP contribution in [0.2, 0.25) is 0 Å². The largest absolute Gasteiger partial charge is 0.390 e. The molecule has 0 aromatic carbocycles. The summed E-state index contributed by atoms with van der Waals surface area (Å²) in [6.45, 7) is 2.95. The Bertz CT molecular complexity index is 385. The van der Waals surface area contributed by atoms with Gasteiger partial charge in [0.2, 0.25) is 5.91 Å². The average Bonchev–Trinajstić information content (AvgIpc) is 2.44. The van der Waals surface area contributed by atoms with E-state index in [-0.39, 0.29) is 24.5 Å². The van der Waals surface area contributed by atoms with E-state index in [0.29, 0.717) is 13.0 Å². The second kappa shape index (κ2) is 8.85. The predicted molar refractivity (Wildman–Crippen MR) is 79.7 cm³/mol. The lowest BCUT2D eigenvalue weighted by atomic mass is 10.0. The molecule has 0 aromatic rings. The van der Waals surface area contributed by atoms with Crippen molar-refractivity contribution in [3.05, 3.63) is 0 Å². The lowest BCUT2D eigenvalue weighted by Crippen LogP contribution is -2.44. The van der Waals surface area contributed by atoms with Crippen molar-refractivity contribution in [2.24, 2.45) is 4.99 Å². The van der Waals surface area contributed by atoms with E-state index in [2.05, 4.69) is 15.6 Å². The van der Waals surface area contributed by atoms with Crippen LogP contribution in [0.1, 0.15) is 39.0 Å². The number of carbonyl (C=O) groups excluding carboxylic acids is 1. The lowest BCUT2D eigenvalue weighted by molar-refractivity contribution is -0.134. The molecule has 2 N–H and O–H groups in total. The van der Waals surface area contributed by atoms with Crippen LogP contribution < -0.4 is 10.6 Å². The molecular weight excluding hydrogens is 297 g/mol. The van der Waals surface area contributed by atoms with Crippen molar-refractivity contribution < 1.29 is 18.0 Å². The van der Waals surface area contributed by atoms with Gasteiger partial charge >= 0.3 is 6.18 Å². The van der Waals surface area contributed by atoms with E-state index >= 15 is 0 Å². The van der Waals surface area contributed by atoms with Gasteiger partial charge in [-0.05, 0) is 26.2 Å². The quantitative estimate of drug-likeness (QED) is 0.600. The van der Waals surface area contributed by atoms with E-state index in [0.717, 1.165) is 25.8 Å². The average molecular weight is 322 g/mol. The maximum absolute atomic E-state index is 12.1. The zero-order valence-electron chi connectivity index (χ0n) is 13.2. The van der Waals surface area contributed by atoms with Crippen LogP contribution in [-0.2, 0) is 4.79 Å². The fraction of sp³-hybridized carbons (Fsp3) is 0.857. The number of halogens is 3. The maximum atomic E-state index is 12.1. The molecule has 0 bridgehead atoms. The second-order valence-electron chi connectivity index (χ2n) is 5.47. The van der Waals surface area contributed by atoms with Crippen molar-refractivity contribution >= 4 is 11.9 Å². The molecule has 1 atom stereocenters. The first-order chi connectivity index (χ1) is 10.3. The van der Waals surface area contributed by atoms with Crippen molar-refractivity contribution in [2.45, 2.75) is 51.2 Å². The Kier molecular flexibility index (Phi) is 7.47. The highest BCUT2D eigenvalue weighted by molar-refractivity contribution is 5.81. The van der Waals surface area contributed by atoms with Crippen LogP contribution >= 0.6 is 0 Å². The normalized spacial score (nSPS) is 20.0. The monoisotopic (exact) mass is 322 g/mol. The summed E-state index contributed by atoms with van der Waals surface area (Å²) in [6, 6.07) is 0.269. The van der Waals surface area contributed by atoms with Crippen LogP contribution in [0.4, 0.5) is 13.2 Å². The molecular formula is C14H25F3N4O. The van der Waals surface area contributed by atoms with Gasteiger partial charge in [-0.3, -0.25) is 9.79 Å². The fourth-order valence-electron chi connectivity index (χ4n) is 2.44. The van der Waals surface area contributed by atoms with Crippen LogP contribution in [0.5, 0.6) is 0 Å². The standard InChI is InChI=1S/C14H25F3N4O/c1-11-5-3-4-10-21(11)12(22)6-8-19-13(18-2)20-9-7-14(15,16)17/h11H,3-10H2,1-2H3,(H2,18,19,20). The summed E-state index contributed by atoms with van der Waals surface area (Å²) < 4.78 is 36.2. The van der Waals surface area contributed by atoms with Crippen molar-refractivity contribution in [1.29, 1.82) is 0 Å². The summed E-state index contributed by atoms with van der Waals surface area (Å²) in [5, 5.41) is 5.45. The Morgan fingerprint density at radius 1 is 1.27 bits per heavy atom. The van der Waals surface area contributed by atoms with Gasteiger partial charge in [-0.1, -0.05) is 0 Å². The molecule has 1 fully saturated rings. The summed E-state index contributed by atoms with van der Waals surface area (Å²) >= 11 is 0. The van der Waals surface area contributed by atoms with Crippen LogP contribution in [0.25, 0.3) is 0 Å². The van der Waals surface area contributed by atoms with E-state index < -0.39 is 12.6 Å². The molecule has 5 nitrogen and oxygen atoms in total. The third-order valence-corrected chi connectivity index (χ3v) is 3.68. The van der Waals surface area contributed by atoms with Crippen molar-refractivity contribution in [1.82, 2.24) is 15.5 Å². The zero-order valence-corrected chi connectivity index (χ0v) is 13.2. The van der Waals surface area contributed by atoms with E-state index in [1.807, 2.05) is 11.8 Å². The molecule has 0 radical (unpaired) electrons.